The van der Waals surface area contributed by atoms with E-state index in [4.69, 9.17) is 4.74 Å². The van der Waals surface area contributed by atoms with Crippen molar-refractivity contribution < 1.29 is 14.3 Å². The first kappa shape index (κ1) is 23.6. The van der Waals surface area contributed by atoms with Crippen LogP contribution in [0.25, 0.3) is 0 Å². The Bertz CT molecular complexity index is 1170. The minimum atomic E-state index is -0.433. The van der Waals surface area contributed by atoms with Crippen LogP contribution in [0.5, 0.6) is 0 Å². The van der Waals surface area contributed by atoms with Crippen LogP contribution in [-0.2, 0) is 20.9 Å². The molecule has 0 radical (unpaired) electrons. The molecular formula is C27H27N3O3S. The van der Waals surface area contributed by atoms with E-state index >= 15 is 0 Å². The van der Waals surface area contributed by atoms with E-state index in [1.54, 1.807) is 18.0 Å². The molecule has 0 aromatic heterocycles. The maximum atomic E-state index is 13.1. The highest BCUT2D eigenvalue weighted by Crippen LogP contribution is 2.44. The summed E-state index contributed by atoms with van der Waals surface area (Å²) in [7, 11) is 1.81. The van der Waals surface area contributed by atoms with Crippen LogP contribution >= 0.6 is 11.8 Å². The number of thioether (sulfide) groups is 1. The second-order valence-corrected chi connectivity index (χ2v) is 8.94. The molecule has 0 N–H and O–H groups in total. The van der Waals surface area contributed by atoms with Gasteiger partial charge in [0.1, 0.15) is 6.61 Å². The number of hydrogen-bond acceptors (Lipinski definition) is 6. The molecule has 0 aliphatic carbocycles. The Morgan fingerprint density at radius 3 is 2.50 bits per heavy atom. The van der Waals surface area contributed by atoms with Crippen LogP contribution < -0.4 is 0 Å². The maximum Gasteiger partial charge on any atom is 0.338 e. The van der Waals surface area contributed by atoms with Gasteiger partial charge in [0.2, 0.25) is 5.91 Å². The van der Waals surface area contributed by atoms with Crippen LogP contribution in [0, 0.1) is 0 Å². The third kappa shape index (κ3) is 4.99. The molecule has 2 aromatic rings. The van der Waals surface area contributed by atoms with E-state index in [0.29, 0.717) is 17.8 Å². The first-order chi connectivity index (χ1) is 16.5. The van der Waals surface area contributed by atoms with E-state index in [0.717, 1.165) is 22.0 Å². The predicted octanol–water partition coefficient (Wildman–Crippen LogP) is 5.04. The molecule has 0 fully saturated rings. The third-order valence-electron chi connectivity index (χ3n) is 5.69. The van der Waals surface area contributed by atoms with E-state index in [1.807, 2.05) is 77.9 Å². The first-order valence-electron chi connectivity index (χ1n) is 11.0. The minimum Gasteiger partial charge on any atom is -0.458 e. The lowest BCUT2D eigenvalue weighted by molar-refractivity contribution is -0.138. The molecule has 174 valence electrons. The molecule has 1 atom stereocenters. The van der Waals surface area contributed by atoms with Gasteiger partial charge in [0, 0.05) is 19.3 Å². The Kier molecular flexibility index (Phi) is 7.33. The summed E-state index contributed by atoms with van der Waals surface area (Å²) in [6, 6.07) is 19.2. The van der Waals surface area contributed by atoms with Crippen molar-refractivity contribution in [2.45, 2.75) is 25.9 Å². The van der Waals surface area contributed by atoms with Gasteiger partial charge in [0.05, 0.1) is 23.7 Å². The van der Waals surface area contributed by atoms with Crippen LogP contribution in [0.3, 0.4) is 0 Å². The molecule has 2 aromatic carbocycles. The van der Waals surface area contributed by atoms with Crippen LogP contribution in [0.1, 0.15) is 30.5 Å². The lowest BCUT2D eigenvalue weighted by Crippen LogP contribution is -2.38. The lowest BCUT2D eigenvalue weighted by atomic mass is 9.94. The minimum absolute atomic E-state index is 0.00850. The summed E-state index contributed by atoms with van der Waals surface area (Å²) in [5, 5.41) is 2.70. The summed E-state index contributed by atoms with van der Waals surface area (Å²) in [6.07, 6.45) is 1.74. The lowest BCUT2D eigenvalue weighted by Gasteiger charge is -2.36. The number of amidine groups is 1. The van der Waals surface area contributed by atoms with Gasteiger partial charge in [-0.3, -0.25) is 4.79 Å². The average Bonchev–Trinajstić information content (AvgIpc) is 3.24. The van der Waals surface area contributed by atoms with E-state index in [1.165, 1.54) is 11.8 Å². The number of carbonyl (C=O) groups is 2. The first-order valence-corrected chi connectivity index (χ1v) is 11.9. The number of fused-ring (bicyclic) bond motifs is 1. The number of aliphatic imine (C=N–C) groups is 1. The van der Waals surface area contributed by atoms with Crippen LogP contribution in [0.15, 0.2) is 101 Å². The zero-order valence-electron chi connectivity index (χ0n) is 19.3. The molecule has 0 spiro atoms. The van der Waals surface area contributed by atoms with Crippen molar-refractivity contribution in [2.24, 2.45) is 4.99 Å². The number of ether oxygens (including phenoxy) is 1. The molecule has 2 heterocycles. The SMILES string of the molecule is C=CCOC(=O)C1=C(C)N=C2SC=C(CC(=O)N(C)Cc3ccccc3)N2[C@H]1c1ccccc1. The zero-order chi connectivity index (χ0) is 24.1. The average molecular weight is 474 g/mol. The molecule has 0 bridgehead atoms. The monoisotopic (exact) mass is 473 g/mol. The topological polar surface area (TPSA) is 62.2 Å². The van der Waals surface area contributed by atoms with Gasteiger partial charge in [0.15, 0.2) is 5.17 Å². The third-order valence-corrected chi connectivity index (χ3v) is 6.58. The second-order valence-electron chi connectivity index (χ2n) is 8.10. The summed E-state index contributed by atoms with van der Waals surface area (Å²) < 4.78 is 5.41. The molecule has 4 rings (SSSR count). The Hall–Kier alpha value is -3.58. The van der Waals surface area contributed by atoms with Crippen molar-refractivity contribution in [1.29, 1.82) is 0 Å². The fraction of sp³-hybridized carbons (Fsp3) is 0.222. The van der Waals surface area contributed by atoms with Crippen molar-refractivity contribution >= 4 is 28.8 Å². The molecule has 1 amide bonds. The fourth-order valence-corrected chi connectivity index (χ4v) is 4.99. The Morgan fingerprint density at radius 1 is 1.15 bits per heavy atom. The van der Waals surface area contributed by atoms with E-state index in [9.17, 15) is 9.59 Å². The number of nitrogens with zero attached hydrogens (tertiary/aromatic N) is 3. The van der Waals surface area contributed by atoms with Gasteiger partial charge in [-0.2, -0.15) is 0 Å². The van der Waals surface area contributed by atoms with Crippen molar-refractivity contribution in [3.05, 3.63) is 107 Å². The van der Waals surface area contributed by atoms with Gasteiger partial charge < -0.3 is 14.5 Å². The Labute approximate surface area is 204 Å². The molecule has 0 saturated carbocycles. The predicted molar refractivity (Wildman–Crippen MR) is 136 cm³/mol. The molecular weight excluding hydrogens is 446 g/mol. The van der Waals surface area contributed by atoms with Crippen LogP contribution in [-0.4, -0.2) is 40.5 Å². The van der Waals surface area contributed by atoms with E-state index < -0.39 is 12.0 Å². The van der Waals surface area contributed by atoms with Crippen LogP contribution in [0.2, 0.25) is 0 Å². The van der Waals surface area contributed by atoms with E-state index in [-0.39, 0.29) is 18.9 Å². The smallest absolute Gasteiger partial charge is 0.338 e. The highest BCUT2D eigenvalue weighted by atomic mass is 32.2. The van der Waals surface area contributed by atoms with Gasteiger partial charge in [-0.15, -0.1) is 0 Å². The van der Waals surface area contributed by atoms with Crippen molar-refractivity contribution in [2.75, 3.05) is 13.7 Å². The van der Waals surface area contributed by atoms with Gasteiger partial charge >= 0.3 is 5.97 Å². The Morgan fingerprint density at radius 2 is 1.82 bits per heavy atom. The van der Waals surface area contributed by atoms with Gasteiger partial charge in [-0.1, -0.05) is 85.1 Å². The highest BCUT2D eigenvalue weighted by molar-refractivity contribution is 8.16. The number of benzene rings is 2. The largest absolute Gasteiger partial charge is 0.458 e. The zero-order valence-corrected chi connectivity index (χ0v) is 20.1. The van der Waals surface area contributed by atoms with Gasteiger partial charge in [-0.05, 0) is 23.5 Å². The number of hydrogen-bond donors (Lipinski definition) is 0. The molecule has 0 unspecified atom stereocenters. The van der Waals surface area contributed by atoms with Crippen LogP contribution in [0.4, 0.5) is 0 Å². The summed E-state index contributed by atoms with van der Waals surface area (Å²) >= 11 is 1.47. The number of esters is 1. The molecule has 2 aliphatic heterocycles. The maximum absolute atomic E-state index is 13.1. The number of allylic oxidation sites excluding steroid dienone is 1. The quantitative estimate of drug-likeness (QED) is 0.397. The molecule has 2 aliphatic rings. The molecule has 34 heavy (non-hydrogen) atoms. The normalized spacial score (nSPS) is 17.0. The number of carbonyl (C=O) groups excluding carboxylic acids is 2. The standard InChI is InChI=1S/C27H27N3O3S/c1-4-15-33-26(32)24-19(2)28-27-30(25(24)21-13-9-6-10-14-21)22(18-34-27)16-23(31)29(3)17-20-11-7-5-8-12-20/h4-14,18,25H,1,15-17H2,2-3H3/t25-/m0/s1. The second kappa shape index (κ2) is 10.6. The molecule has 6 nitrogen and oxygen atoms in total. The summed E-state index contributed by atoms with van der Waals surface area (Å²) in [5.41, 5.74) is 3.89. The number of amides is 1. The Balaban J connectivity index is 1.61. The van der Waals surface area contributed by atoms with Gasteiger partial charge in [-0.25, -0.2) is 9.79 Å². The van der Waals surface area contributed by atoms with Gasteiger partial charge in [0.25, 0.3) is 0 Å². The van der Waals surface area contributed by atoms with E-state index in [2.05, 4.69) is 11.6 Å². The molecule has 7 heteroatoms. The molecule has 0 saturated heterocycles. The number of rotatable bonds is 8. The fourth-order valence-electron chi connectivity index (χ4n) is 4.03. The summed E-state index contributed by atoms with van der Waals surface area (Å²) in [5.74, 6) is -0.441. The van der Waals surface area contributed by atoms with Crippen molar-refractivity contribution in [3.63, 3.8) is 0 Å². The van der Waals surface area contributed by atoms with Crippen molar-refractivity contribution in [1.82, 2.24) is 9.80 Å². The summed E-state index contributed by atoms with van der Waals surface area (Å²) in [4.78, 5) is 34.6. The highest BCUT2D eigenvalue weighted by Gasteiger charge is 2.41. The van der Waals surface area contributed by atoms with Crippen molar-refractivity contribution in [3.8, 4) is 0 Å². The summed E-state index contributed by atoms with van der Waals surface area (Å²) in [6.45, 7) is 6.10.